The molecule has 138 valence electrons. The van der Waals surface area contributed by atoms with Crippen LogP contribution in [0.15, 0.2) is 22.7 Å². The summed E-state index contributed by atoms with van der Waals surface area (Å²) in [6.07, 6.45) is 4.27. The van der Waals surface area contributed by atoms with Gasteiger partial charge in [0.2, 0.25) is 5.91 Å². The molecule has 6 heteroatoms. The van der Waals surface area contributed by atoms with E-state index in [4.69, 9.17) is 9.26 Å². The smallest absolute Gasteiger partial charge is 0.227 e. The lowest BCUT2D eigenvalue weighted by molar-refractivity contribution is -0.117. The van der Waals surface area contributed by atoms with Crippen LogP contribution in [0.4, 0.5) is 5.69 Å². The topological polar surface area (TPSA) is 76.4 Å². The summed E-state index contributed by atoms with van der Waals surface area (Å²) in [5, 5.41) is 10.5. The Kier molecular flexibility index (Phi) is 4.68. The molecule has 0 unspecified atom stereocenters. The molecular weight excluding hydrogens is 330 g/mol. The van der Waals surface area contributed by atoms with Crippen LogP contribution in [0.25, 0.3) is 11.1 Å². The molecule has 2 N–H and O–H groups in total. The summed E-state index contributed by atoms with van der Waals surface area (Å²) in [6, 6.07) is 5.82. The fourth-order valence-corrected chi connectivity index (χ4v) is 3.46. The molecule has 1 atom stereocenters. The van der Waals surface area contributed by atoms with Gasteiger partial charge in [0.15, 0.2) is 0 Å². The van der Waals surface area contributed by atoms with Gasteiger partial charge in [-0.3, -0.25) is 4.79 Å². The zero-order valence-corrected chi connectivity index (χ0v) is 15.3. The summed E-state index contributed by atoms with van der Waals surface area (Å²) >= 11 is 0. The minimum absolute atomic E-state index is 0.0971. The third-order valence-electron chi connectivity index (χ3n) is 5.04. The van der Waals surface area contributed by atoms with E-state index in [0.717, 1.165) is 72.8 Å². The molecule has 6 nitrogen and oxygen atoms in total. The van der Waals surface area contributed by atoms with Gasteiger partial charge in [-0.05, 0) is 64.3 Å². The van der Waals surface area contributed by atoms with Crippen molar-refractivity contribution in [2.45, 2.75) is 45.6 Å². The maximum absolute atomic E-state index is 12.1. The zero-order valence-electron chi connectivity index (χ0n) is 15.3. The van der Waals surface area contributed by atoms with Crippen LogP contribution in [0.2, 0.25) is 0 Å². The number of rotatable bonds is 5. The number of aryl methyl sites for hydroxylation is 2. The molecule has 2 fully saturated rings. The highest BCUT2D eigenvalue weighted by atomic mass is 16.5. The number of nitrogens with zero attached hydrogens (tertiary/aromatic N) is 1. The van der Waals surface area contributed by atoms with Gasteiger partial charge in [-0.15, -0.1) is 0 Å². The monoisotopic (exact) mass is 355 g/mol. The molecular formula is C20H25N3O3. The molecule has 1 aliphatic heterocycles. The number of carbonyl (C=O) groups is 1. The standard InChI is InChI=1S/C20H25N3O3/c1-12-19(13(2)26-23-12)17-10-15(22-20(24)14-5-6-14)7-8-18(17)25-16-4-3-9-21-11-16/h7-8,10,14,16,21H,3-6,9,11H2,1-2H3,(H,22,24)/t16-/m1/s1. The minimum Gasteiger partial charge on any atom is -0.488 e. The van der Waals surface area contributed by atoms with Gasteiger partial charge < -0.3 is 19.9 Å². The summed E-state index contributed by atoms with van der Waals surface area (Å²) in [5.41, 5.74) is 3.46. The van der Waals surface area contributed by atoms with Crippen LogP contribution in [0.5, 0.6) is 5.75 Å². The molecule has 1 saturated carbocycles. The molecule has 1 saturated heterocycles. The quantitative estimate of drug-likeness (QED) is 0.859. The van der Waals surface area contributed by atoms with Crippen LogP contribution in [0.3, 0.4) is 0 Å². The summed E-state index contributed by atoms with van der Waals surface area (Å²) in [4.78, 5) is 12.1. The van der Waals surface area contributed by atoms with E-state index in [2.05, 4.69) is 15.8 Å². The van der Waals surface area contributed by atoms with Gasteiger partial charge in [-0.25, -0.2) is 0 Å². The van der Waals surface area contributed by atoms with Crippen molar-refractivity contribution in [2.24, 2.45) is 5.92 Å². The van der Waals surface area contributed by atoms with E-state index >= 15 is 0 Å². The van der Waals surface area contributed by atoms with Crippen LogP contribution >= 0.6 is 0 Å². The van der Waals surface area contributed by atoms with Crippen molar-refractivity contribution in [3.8, 4) is 16.9 Å². The Hall–Kier alpha value is -2.34. The number of anilines is 1. The van der Waals surface area contributed by atoms with Crippen LogP contribution in [0.1, 0.15) is 37.1 Å². The first-order valence-corrected chi connectivity index (χ1v) is 9.37. The number of hydrogen-bond donors (Lipinski definition) is 2. The number of amides is 1. The zero-order chi connectivity index (χ0) is 18.1. The SMILES string of the molecule is Cc1noc(C)c1-c1cc(NC(=O)C2CC2)ccc1O[C@@H]1CCCNC1. The van der Waals surface area contributed by atoms with Gasteiger partial charge in [0.1, 0.15) is 17.6 Å². The molecule has 0 bridgehead atoms. The number of ether oxygens (including phenoxy) is 1. The number of hydrogen-bond acceptors (Lipinski definition) is 5. The second kappa shape index (κ2) is 7.11. The second-order valence-corrected chi connectivity index (χ2v) is 7.26. The molecule has 0 radical (unpaired) electrons. The highest BCUT2D eigenvalue weighted by Gasteiger charge is 2.30. The van der Waals surface area contributed by atoms with Crippen LogP contribution in [-0.2, 0) is 4.79 Å². The first kappa shape index (κ1) is 17.1. The van der Waals surface area contributed by atoms with Gasteiger partial charge >= 0.3 is 0 Å². The minimum atomic E-state index is 0.0971. The second-order valence-electron chi connectivity index (χ2n) is 7.26. The Morgan fingerprint density at radius 1 is 1.31 bits per heavy atom. The average molecular weight is 355 g/mol. The lowest BCUT2D eigenvalue weighted by atomic mass is 10.0. The van der Waals surface area contributed by atoms with Gasteiger partial charge in [0.05, 0.1) is 11.3 Å². The van der Waals surface area contributed by atoms with Crippen LogP contribution in [-0.4, -0.2) is 30.3 Å². The summed E-state index contributed by atoms with van der Waals surface area (Å²) < 4.78 is 11.7. The lowest BCUT2D eigenvalue weighted by Gasteiger charge is -2.25. The predicted octanol–water partition coefficient (Wildman–Crippen LogP) is 3.44. The van der Waals surface area contributed by atoms with E-state index in [1.165, 1.54) is 0 Å². The maximum Gasteiger partial charge on any atom is 0.227 e. The fraction of sp³-hybridized carbons (Fsp3) is 0.500. The van der Waals surface area contributed by atoms with Crippen LogP contribution < -0.4 is 15.4 Å². The van der Waals surface area contributed by atoms with Gasteiger partial charge in [-0.1, -0.05) is 5.16 Å². The molecule has 2 aliphatic rings. The van der Waals surface area contributed by atoms with Gasteiger partial charge in [0.25, 0.3) is 0 Å². The molecule has 2 aromatic rings. The van der Waals surface area contributed by atoms with Crippen molar-refractivity contribution in [1.82, 2.24) is 10.5 Å². The van der Waals surface area contributed by atoms with Crippen molar-refractivity contribution in [1.29, 1.82) is 0 Å². The first-order chi connectivity index (χ1) is 12.6. The average Bonchev–Trinajstić information content (AvgIpc) is 3.43. The summed E-state index contributed by atoms with van der Waals surface area (Å²) in [6.45, 7) is 5.72. The number of carbonyl (C=O) groups excluding carboxylic acids is 1. The van der Waals surface area contributed by atoms with E-state index in [9.17, 15) is 4.79 Å². The van der Waals surface area contributed by atoms with E-state index in [1.807, 2.05) is 32.0 Å². The van der Waals surface area contributed by atoms with E-state index in [1.54, 1.807) is 0 Å². The summed E-state index contributed by atoms with van der Waals surface area (Å²) in [5.74, 6) is 1.82. The van der Waals surface area contributed by atoms with Crippen molar-refractivity contribution < 1.29 is 14.1 Å². The van der Waals surface area contributed by atoms with Crippen molar-refractivity contribution in [3.63, 3.8) is 0 Å². The number of benzene rings is 1. The highest BCUT2D eigenvalue weighted by Crippen LogP contribution is 2.38. The maximum atomic E-state index is 12.1. The normalized spacial score (nSPS) is 20.0. The van der Waals surface area contributed by atoms with Crippen molar-refractivity contribution >= 4 is 11.6 Å². The summed E-state index contributed by atoms with van der Waals surface area (Å²) in [7, 11) is 0. The molecule has 26 heavy (non-hydrogen) atoms. The Bertz CT molecular complexity index is 785. The van der Waals surface area contributed by atoms with Crippen molar-refractivity contribution in [3.05, 3.63) is 29.7 Å². The third kappa shape index (κ3) is 3.60. The van der Waals surface area contributed by atoms with E-state index in [-0.39, 0.29) is 17.9 Å². The van der Waals surface area contributed by atoms with E-state index < -0.39 is 0 Å². The number of piperidine rings is 1. The number of aromatic nitrogens is 1. The fourth-order valence-electron chi connectivity index (χ4n) is 3.46. The van der Waals surface area contributed by atoms with Crippen molar-refractivity contribution in [2.75, 3.05) is 18.4 Å². The lowest BCUT2D eigenvalue weighted by Crippen LogP contribution is -2.37. The largest absolute Gasteiger partial charge is 0.488 e. The molecule has 2 heterocycles. The molecule has 1 aromatic heterocycles. The Morgan fingerprint density at radius 2 is 2.15 bits per heavy atom. The first-order valence-electron chi connectivity index (χ1n) is 9.37. The Labute approximate surface area is 153 Å². The van der Waals surface area contributed by atoms with Gasteiger partial charge in [0, 0.05) is 23.7 Å². The highest BCUT2D eigenvalue weighted by molar-refractivity contribution is 5.95. The van der Waals surface area contributed by atoms with Crippen LogP contribution in [0, 0.1) is 19.8 Å². The molecule has 1 aromatic carbocycles. The van der Waals surface area contributed by atoms with Gasteiger partial charge in [-0.2, -0.15) is 0 Å². The number of nitrogens with one attached hydrogen (secondary N) is 2. The Balaban J connectivity index is 1.66. The molecule has 1 aliphatic carbocycles. The Morgan fingerprint density at radius 3 is 2.81 bits per heavy atom. The molecule has 0 spiro atoms. The predicted molar refractivity (Wildman–Crippen MR) is 99.3 cm³/mol. The molecule has 1 amide bonds. The third-order valence-corrected chi connectivity index (χ3v) is 5.04. The molecule has 4 rings (SSSR count). The van der Waals surface area contributed by atoms with E-state index in [0.29, 0.717) is 0 Å².